The summed E-state index contributed by atoms with van der Waals surface area (Å²) in [6.07, 6.45) is 4.74. The van der Waals surface area contributed by atoms with Crippen molar-refractivity contribution in [3.63, 3.8) is 0 Å². The molecule has 12 heteroatoms. The Kier molecular flexibility index (Phi) is 15.5. The van der Waals surface area contributed by atoms with E-state index in [1.807, 2.05) is 49.1 Å². The van der Waals surface area contributed by atoms with Gasteiger partial charge in [-0.05, 0) is 61.8 Å². The maximum atomic E-state index is 14.2. The van der Waals surface area contributed by atoms with Crippen LogP contribution in [0.1, 0.15) is 85.1 Å². The molecule has 1 saturated carbocycles. The van der Waals surface area contributed by atoms with Crippen molar-refractivity contribution in [1.82, 2.24) is 25.8 Å². The number of likely N-dealkylation sites (N-methyl/N-ethyl adjacent to an activating group) is 1. The third kappa shape index (κ3) is 9.92. The number of fused-ring (bicyclic) bond motifs is 2. The molecule has 292 valence electrons. The number of hydrogen-bond acceptors (Lipinski definition) is 8. The highest BCUT2D eigenvalue weighted by Crippen LogP contribution is 2.35. The van der Waals surface area contributed by atoms with Gasteiger partial charge in [0.15, 0.2) is 0 Å². The predicted molar refractivity (Wildman–Crippen MR) is 200 cm³/mol. The second-order valence-corrected chi connectivity index (χ2v) is 15.8. The summed E-state index contributed by atoms with van der Waals surface area (Å²) in [7, 11) is 4.90. The standard InChI is InChI=1S/C40H65N5O7/c1-9-25(4)36(44(6)40(50)34(24(2)3)43-39(49)35-28-17-18-29(21-28)41-35)32(51-7)22-33(47)45-19-13-16-31(45)37(52-8)26(5)38(48)42-30(23-46)20-27-14-11-10-12-15-27/h10-12,14-15,24-26,28-32,34-37,41,46H,9,13,16-23H2,1-8H3,(H,42,48)(H,43,49)/t25?,26?,28-,29+,30?,31-,32?,34?,35-,36?,37?/m0/s1. The summed E-state index contributed by atoms with van der Waals surface area (Å²) < 4.78 is 12.0. The van der Waals surface area contributed by atoms with Crippen LogP contribution in [-0.4, -0.2) is 121 Å². The molecule has 12 nitrogen and oxygen atoms in total. The first-order valence-corrected chi connectivity index (χ1v) is 19.5. The maximum Gasteiger partial charge on any atom is 0.245 e. The molecule has 2 heterocycles. The van der Waals surface area contributed by atoms with Crippen molar-refractivity contribution in [2.24, 2.45) is 23.7 Å². The Morgan fingerprint density at radius 3 is 2.29 bits per heavy atom. The molecule has 1 aromatic rings. The highest BCUT2D eigenvalue weighted by molar-refractivity contribution is 5.90. The van der Waals surface area contributed by atoms with E-state index in [9.17, 15) is 24.3 Å². The average Bonchev–Trinajstić information content (AvgIpc) is 3.92. The lowest BCUT2D eigenvalue weighted by molar-refractivity contribution is -0.147. The van der Waals surface area contributed by atoms with Crippen LogP contribution in [0.5, 0.6) is 0 Å². The lowest BCUT2D eigenvalue weighted by Gasteiger charge is -2.41. The summed E-state index contributed by atoms with van der Waals surface area (Å²) in [6.45, 7) is 10.1. The number of nitrogens with zero attached hydrogens (tertiary/aromatic N) is 2. The molecule has 11 atom stereocenters. The fourth-order valence-corrected chi connectivity index (χ4v) is 8.82. The highest BCUT2D eigenvalue weighted by atomic mass is 16.5. The van der Waals surface area contributed by atoms with Gasteiger partial charge in [-0.3, -0.25) is 19.2 Å². The Morgan fingerprint density at radius 1 is 1.02 bits per heavy atom. The van der Waals surface area contributed by atoms with Gasteiger partial charge in [0.25, 0.3) is 0 Å². The number of amides is 4. The van der Waals surface area contributed by atoms with Crippen LogP contribution in [0.15, 0.2) is 30.3 Å². The number of likely N-dealkylation sites (tertiary alicyclic amines) is 1. The van der Waals surface area contributed by atoms with Crippen molar-refractivity contribution in [1.29, 1.82) is 0 Å². The predicted octanol–water partition coefficient (Wildman–Crippen LogP) is 2.91. The number of nitrogens with one attached hydrogen (secondary N) is 3. The number of rotatable bonds is 19. The third-order valence-corrected chi connectivity index (χ3v) is 12.0. The van der Waals surface area contributed by atoms with E-state index in [1.54, 1.807) is 33.1 Å². The number of methoxy groups -OCH3 is 2. The van der Waals surface area contributed by atoms with Crippen LogP contribution in [0.25, 0.3) is 0 Å². The Bertz CT molecular complexity index is 1330. The van der Waals surface area contributed by atoms with Crippen LogP contribution in [0, 0.1) is 23.7 Å². The molecule has 3 aliphatic rings. The molecule has 4 N–H and O–H groups in total. The summed E-state index contributed by atoms with van der Waals surface area (Å²) >= 11 is 0. The number of carbonyl (C=O) groups is 4. The van der Waals surface area contributed by atoms with Crippen molar-refractivity contribution < 1.29 is 33.8 Å². The molecule has 3 fully saturated rings. The lowest BCUT2D eigenvalue weighted by atomic mass is 9.89. The number of benzene rings is 1. The number of aliphatic hydroxyl groups excluding tert-OH is 1. The van der Waals surface area contributed by atoms with Gasteiger partial charge in [-0.25, -0.2) is 0 Å². The molecule has 0 spiro atoms. The van der Waals surface area contributed by atoms with E-state index in [4.69, 9.17) is 9.47 Å². The third-order valence-electron chi connectivity index (χ3n) is 12.0. The van der Waals surface area contributed by atoms with Gasteiger partial charge >= 0.3 is 0 Å². The van der Waals surface area contributed by atoms with Crippen molar-refractivity contribution in [3.05, 3.63) is 35.9 Å². The molecule has 0 aromatic heterocycles. The van der Waals surface area contributed by atoms with Gasteiger partial charge in [0, 0.05) is 33.9 Å². The SMILES string of the molecule is CCC(C)C(C(CC(=O)N1CCC[C@H]1C(OC)C(C)C(=O)NC(CO)Cc1ccccc1)OC)N(C)C(=O)C(NC(=O)[C@H]1N[C@@H]2CC[C@H]1C2)C(C)C. The number of ether oxygens (including phenoxy) is 2. The molecule has 1 aromatic carbocycles. The van der Waals surface area contributed by atoms with Gasteiger partial charge in [0.2, 0.25) is 23.6 Å². The molecule has 2 aliphatic heterocycles. The van der Waals surface area contributed by atoms with Crippen LogP contribution in [0.2, 0.25) is 0 Å². The van der Waals surface area contributed by atoms with E-state index in [0.29, 0.717) is 31.3 Å². The largest absolute Gasteiger partial charge is 0.394 e. The van der Waals surface area contributed by atoms with Gasteiger partial charge in [-0.2, -0.15) is 0 Å². The zero-order valence-electron chi connectivity index (χ0n) is 32.7. The quantitative estimate of drug-likeness (QED) is 0.170. The van der Waals surface area contributed by atoms with E-state index in [-0.39, 0.29) is 60.6 Å². The van der Waals surface area contributed by atoms with E-state index in [0.717, 1.165) is 37.7 Å². The first-order chi connectivity index (χ1) is 24.8. The van der Waals surface area contributed by atoms with Crippen LogP contribution in [0.3, 0.4) is 0 Å². The fraction of sp³-hybridized carbons (Fsp3) is 0.750. The maximum absolute atomic E-state index is 14.2. The molecule has 4 rings (SSSR count). The summed E-state index contributed by atoms with van der Waals surface area (Å²) in [6, 6.07) is 7.91. The van der Waals surface area contributed by atoms with E-state index >= 15 is 0 Å². The zero-order valence-corrected chi connectivity index (χ0v) is 32.7. The minimum atomic E-state index is -0.714. The van der Waals surface area contributed by atoms with Crippen molar-refractivity contribution in [2.75, 3.05) is 34.4 Å². The average molecular weight is 728 g/mol. The molecule has 2 bridgehead atoms. The van der Waals surface area contributed by atoms with E-state index < -0.39 is 36.3 Å². The second-order valence-electron chi connectivity index (χ2n) is 15.8. The van der Waals surface area contributed by atoms with Crippen molar-refractivity contribution in [2.45, 2.75) is 134 Å². The molecule has 4 amide bonds. The second kappa shape index (κ2) is 19.3. The van der Waals surface area contributed by atoms with Gasteiger partial charge in [-0.15, -0.1) is 0 Å². The van der Waals surface area contributed by atoms with Gasteiger partial charge in [0.05, 0.1) is 55.3 Å². The smallest absolute Gasteiger partial charge is 0.245 e. The minimum Gasteiger partial charge on any atom is -0.394 e. The van der Waals surface area contributed by atoms with E-state index in [2.05, 4.69) is 29.8 Å². The summed E-state index contributed by atoms with van der Waals surface area (Å²) in [4.78, 5) is 58.7. The van der Waals surface area contributed by atoms with Gasteiger partial charge in [-0.1, -0.05) is 71.4 Å². The number of hydrogen-bond donors (Lipinski definition) is 4. The Labute approximate surface area is 311 Å². The topological polar surface area (TPSA) is 150 Å². The molecular weight excluding hydrogens is 662 g/mol. The van der Waals surface area contributed by atoms with Gasteiger partial charge in [0.1, 0.15) is 6.04 Å². The van der Waals surface area contributed by atoms with Crippen molar-refractivity contribution >= 4 is 23.6 Å². The van der Waals surface area contributed by atoms with Crippen LogP contribution < -0.4 is 16.0 Å². The minimum absolute atomic E-state index is 0.00243. The summed E-state index contributed by atoms with van der Waals surface area (Å²) in [5, 5.41) is 19.5. The molecule has 52 heavy (non-hydrogen) atoms. The molecule has 2 saturated heterocycles. The first kappa shape index (κ1) is 41.7. The number of piperidine rings is 1. The van der Waals surface area contributed by atoms with Crippen LogP contribution in [0.4, 0.5) is 0 Å². The molecule has 0 radical (unpaired) electrons. The Morgan fingerprint density at radius 2 is 1.73 bits per heavy atom. The Balaban J connectivity index is 1.43. The van der Waals surface area contributed by atoms with Gasteiger partial charge < -0.3 is 40.3 Å². The monoisotopic (exact) mass is 727 g/mol. The fourth-order valence-electron chi connectivity index (χ4n) is 8.82. The first-order valence-electron chi connectivity index (χ1n) is 19.5. The normalized spacial score (nSPS) is 25.2. The molecular formula is C40H65N5O7. The van der Waals surface area contributed by atoms with Crippen molar-refractivity contribution in [3.8, 4) is 0 Å². The van der Waals surface area contributed by atoms with Crippen LogP contribution >= 0.6 is 0 Å². The number of aliphatic hydroxyl groups is 1. The highest BCUT2D eigenvalue weighted by Gasteiger charge is 2.45. The summed E-state index contributed by atoms with van der Waals surface area (Å²) in [5.41, 5.74) is 1.01. The molecule has 7 unspecified atom stereocenters. The van der Waals surface area contributed by atoms with Crippen LogP contribution in [-0.2, 0) is 35.1 Å². The molecule has 1 aliphatic carbocycles. The summed E-state index contributed by atoms with van der Waals surface area (Å²) in [5.74, 6) is -1.09. The zero-order chi connectivity index (χ0) is 38.1. The number of carbonyl (C=O) groups excluding carboxylic acids is 4. The lowest BCUT2D eigenvalue weighted by Crippen LogP contribution is -2.60. The van der Waals surface area contributed by atoms with E-state index in [1.165, 1.54) is 0 Å². The Hall–Kier alpha value is -3.06.